The maximum atomic E-state index is 5.97. The van der Waals surface area contributed by atoms with Gasteiger partial charge in [0.2, 0.25) is 0 Å². The van der Waals surface area contributed by atoms with Crippen molar-refractivity contribution in [3.63, 3.8) is 0 Å². The van der Waals surface area contributed by atoms with Gasteiger partial charge in [0.05, 0.1) is 0 Å². The fourth-order valence-electron chi connectivity index (χ4n) is 2.93. The molecule has 1 rings (SSSR count). The van der Waals surface area contributed by atoms with Gasteiger partial charge >= 0.3 is 0 Å². The Hall–Kier alpha value is -0.0800. The molecule has 2 heteroatoms. The number of piperidine rings is 1. The molecule has 18 heavy (non-hydrogen) atoms. The van der Waals surface area contributed by atoms with Crippen molar-refractivity contribution in [3.8, 4) is 0 Å². The topological polar surface area (TPSA) is 29.3 Å². The highest BCUT2D eigenvalue weighted by Crippen LogP contribution is 2.31. The molecule has 0 radical (unpaired) electrons. The quantitative estimate of drug-likeness (QED) is 0.668. The molecule has 1 atom stereocenters. The minimum atomic E-state index is 0.552. The number of rotatable bonds is 8. The first-order valence-electron chi connectivity index (χ1n) is 8.03. The lowest BCUT2D eigenvalue weighted by molar-refractivity contribution is 0.0915. The number of nitrogens with zero attached hydrogens (tertiary/aromatic N) is 1. The Bertz CT molecular complexity index is 203. The smallest absolute Gasteiger partial charge is 0.0218 e. The molecule has 1 aliphatic heterocycles. The van der Waals surface area contributed by atoms with Gasteiger partial charge < -0.3 is 5.73 Å². The molecule has 0 aromatic rings. The van der Waals surface area contributed by atoms with Crippen LogP contribution in [0.5, 0.6) is 0 Å². The highest BCUT2D eigenvalue weighted by molar-refractivity contribution is 4.83. The van der Waals surface area contributed by atoms with Crippen LogP contribution >= 0.6 is 0 Å². The third-order valence-electron chi connectivity index (χ3n) is 4.58. The number of hydrogen-bond acceptors (Lipinski definition) is 2. The molecule has 0 aliphatic carbocycles. The molecule has 2 N–H and O–H groups in total. The average Bonchev–Trinajstić information content (AvgIpc) is 2.35. The molecule has 1 aliphatic rings. The van der Waals surface area contributed by atoms with Crippen molar-refractivity contribution in [3.05, 3.63) is 0 Å². The second-order valence-electron chi connectivity index (χ2n) is 6.79. The summed E-state index contributed by atoms with van der Waals surface area (Å²) in [5.41, 5.74) is 6.52. The highest BCUT2D eigenvalue weighted by Gasteiger charge is 2.28. The van der Waals surface area contributed by atoms with Crippen LogP contribution in [0.15, 0.2) is 0 Å². The van der Waals surface area contributed by atoms with Gasteiger partial charge in [0.15, 0.2) is 0 Å². The normalized spacial score (nSPS) is 22.0. The maximum Gasteiger partial charge on any atom is 0.0218 e. The summed E-state index contributed by atoms with van der Waals surface area (Å²) in [7, 11) is 0. The van der Waals surface area contributed by atoms with Crippen LogP contribution in [-0.4, -0.2) is 30.6 Å². The molecule has 1 unspecified atom stereocenters. The van der Waals surface area contributed by atoms with E-state index >= 15 is 0 Å². The van der Waals surface area contributed by atoms with Crippen LogP contribution in [0.1, 0.15) is 72.1 Å². The van der Waals surface area contributed by atoms with E-state index in [1.54, 1.807) is 0 Å². The standard InChI is InChI=1S/C16H34N2/c1-4-5-6-7-8-9-15(14-17)18-12-10-16(2,3)11-13-18/h15H,4-14,17H2,1-3H3. The van der Waals surface area contributed by atoms with Crippen LogP contribution in [0.2, 0.25) is 0 Å². The summed E-state index contributed by atoms with van der Waals surface area (Å²) >= 11 is 0. The van der Waals surface area contributed by atoms with Gasteiger partial charge in [-0.2, -0.15) is 0 Å². The summed E-state index contributed by atoms with van der Waals surface area (Å²) < 4.78 is 0. The van der Waals surface area contributed by atoms with Crippen molar-refractivity contribution < 1.29 is 0 Å². The number of unbranched alkanes of at least 4 members (excludes halogenated alkanes) is 4. The molecule has 2 nitrogen and oxygen atoms in total. The van der Waals surface area contributed by atoms with E-state index in [-0.39, 0.29) is 0 Å². The predicted molar refractivity (Wildman–Crippen MR) is 80.8 cm³/mol. The van der Waals surface area contributed by atoms with Gasteiger partial charge in [-0.1, -0.05) is 52.9 Å². The minimum absolute atomic E-state index is 0.552. The Morgan fingerprint density at radius 2 is 1.67 bits per heavy atom. The van der Waals surface area contributed by atoms with Crippen molar-refractivity contribution in [2.24, 2.45) is 11.1 Å². The Morgan fingerprint density at radius 1 is 1.06 bits per heavy atom. The fourth-order valence-corrected chi connectivity index (χ4v) is 2.93. The van der Waals surface area contributed by atoms with Gasteiger partial charge in [-0.05, 0) is 37.8 Å². The summed E-state index contributed by atoms with van der Waals surface area (Å²) in [6.07, 6.45) is 10.9. The molecule has 0 amide bonds. The van der Waals surface area contributed by atoms with Crippen LogP contribution < -0.4 is 5.73 Å². The molecule has 0 spiro atoms. The van der Waals surface area contributed by atoms with Crippen LogP contribution in [0, 0.1) is 5.41 Å². The molecule has 1 fully saturated rings. The Morgan fingerprint density at radius 3 is 2.22 bits per heavy atom. The summed E-state index contributed by atoms with van der Waals surface area (Å²) in [5.74, 6) is 0. The van der Waals surface area contributed by atoms with E-state index < -0.39 is 0 Å². The van der Waals surface area contributed by atoms with E-state index in [9.17, 15) is 0 Å². The lowest BCUT2D eigenvalue weighted by Crippen LogP contribution is -2.46. The first-order valence-corrected chi connectivity index (χ1v) is 8.03. The third-order valence-corrected chi connectivity index (χ3v) is 4.58. The largest absolute Gasteiger partial charge is 0.329 e. The maximum absolute atomic E-state index is 5.97. The first-order chi connectivity index (χ1) is 8.59. The van der Waals surface area contributed by atoms with Crippen LogP contribution in [0.3, 0.4) is 0 Å². The third kappa shape index (κ3) is 5.71. The van der Waals surface area contributed by atoms with E-state index in [0.717, 1.165) is 6.54 Å². The van der Waals surface area contributed by atoms with E-state index in [2.05, 4.69) is 25.7 Å². The summed E-state index contributed by atoms with van der Waals surface area (Å²) in [6.45, 7) is 10.4. The van der Waals surface area contributed by atoms with E-state index in [0.29, 0.717) is 11.5 Å². The van der Waals surface area contributed by atoms with Crippen molar-refractivity contribution in [2.45, 2.75) is 78.2 Å². The molecule has 0 saturated carbocycles. The summed E-state index contributed by atoms with van der Waals surface area (Å²) in [5, 5.41) is 0. The highest BCUT2D eigenvalue weighted by atomic mass is 15.2. The molecule has 0 aromatic heterocycles. The molecule has 0 bridgehead atoms. The van der Waals surface area contributed by atoms with Crippen molar-refractivity contribution in [1.29, 1.82) is 0 Å². The molecule has 1 heterocycles. The van der Waals surface area contributed by atoms with E-state index in [1.165, 1.54) is 64.5 Å². The predicted octanol–water partition coefficient (Wildman–Crippen LogP) is 3.80. The van der Waals surface area contributed by atoms with E-state index in [1.807, 2.05) is 0 Å². The zero-order valence-electron chi connectivity index (χ0n) is 12.9. The monoisotopic (exact) mass is 254 g/mol. The van der Waals surface area contributed by atoms with Gasteiger partial charge in [0.1, 0.15) is 0 Å². The molecular weight excluding hydrogens is 220 g/mol. The lowest BCUT2D eigenvalue weighted by Gasteiger charge is -2.40. The Labute approximate surface area is 114 Å². The van der Waals surface area contributed by atoms with E-state index in [4.69, 9.17) is 5.73 Å². The molecule has 0 aromatic carbocycles. The zero-order valence-corrected chi connectivity index (χ0v) is 12.9. The van der Waals surface area contributed by atoms with Crippen molar-refractivity contribution in [2.75, 3.05) is 19.6 Å². The molecule has 1 saturated heterocycles. The second-order valence-corrected chi connectivity index (χ2v) is 6.79. The average molecular weight is 254 g/mol. The Balaban J connectivity index is 2.20. The minimum Gasteiger partial charge on any atom is -0.329 e. The van der Waals surface area contributed by atoms with Crippen LogP contribution in [0.25, 0.3) is 0 Å². The van der Waals surface area contributed by atoms with Crippen LogP contribution in [0.4, 0.5) is 0 Å². The zero-order chi connectivity index (χ0) is 13.4. The first kappa shape index (κ1) is 16.0. The summed E-state index contributed by atoms with van der Waals surface area (Å²) in [6, 6.07) is 0.641. The van der Waals surface area contributed by atoms with Gasteiger partial charge in [0.25, 0.3) is 0 Å². The number of nitrogens with two attached hydrogens (primary N) is 1. The van der Waals surface area contributed by atoms with Crippen molar-refractivity contribution in [1.82, 2.24) is 4.90 Å². The fraction of sp³-hybridized carbons (Fsp3) is 1.00. The Kier molecular flexibility index (Phi) is 7.25. The van der Waals surface area contributed by atoms with Gasteiger partial charge in [-0.3, -0.25) is 4.90 Å². The number of hydrogen-bond donors (Lipinski definition) is 1. The molecule has 108 valence electrons. The number of likely N-dealkylation sites (tertiary alicyclic amines) is 1. The lowest BCUT2D eigenvalue weighted by atomic mass is 9.82. The SMILES string of the molecule is CCCCCCCC(CN)N1CCC(C)(C)CC1. The van der Waals surface area contributed by atoms with Crippen LogP contribution in [-0.2, 0) is 0 Å². The van der Waals surface area contributed by atoms with Gasteiger partial charge in [0, 0.05) is 12.6 Å². The second kappa shape index (κ2) is 8.16. The van der Waals surface area contributed by atoms with Crippen molar-refractivity contribution >= 4 is 0 Å². The van der Waals surface area contributed by atoms with Gasteiger partial charge in [-0.25, -0.2) is 0 Å². The molecular formula is C16H34N2. The summed E-state index contributed by atoms with van der Waals surface area (Å²) in [4.78, 5) is 2.64. The van der Waals surface area contributed by atoms with Gasteiger partial charge in [-0.15, -0.1) is 0 Å².